The molecular formula is C22H24N6. The van der Waals surface area contributed by atoms with Crippen LogP contribution in [0.4, 0.5) is 0 Å². The van der Waals surface area contributed by atoms with Crippen LogP contribution in [0.1, 0.15) is 35.7 Å². The van der Waals surface area contributed by atoms with Crippen LogP contribution in [-0.2, 0) is 6.54 Å². The quantitative estimate of drug-likeness (QED) is 0.567. The molecule has 1 atom stereocenters. The fourth-order valence-corrected chi connectivity index (χ4v) is 4.31. The Bertz CT molecular complexity index is 1100. The van der Waals surface area contributed by atoms with E-state index in [9.17, 15) is 0 Å². The summed E-state index contributed by atoms with van der Waals surface area (Å²) in [4.78, 5) is 23.0. The largest absolute Gasteiger partial charge is 0.361 e. The average molecular weight is 372 g/mol. The maximum Gasteiger partial charge on any atom is 0.158 e. The van der Waals surface area contributed by atoms with E-state index < -0.39 is 0 Å². The van der Waals surface area contributed by atoms with E-state index in [0.29, 0.717) is 5.92 Å². The van der Waals surface area contributed by atoms with Crippen molar-refractivity contribution in [1.29, 1.82) is 0 Å². The van der Waals surface area contributed by atoms with Crippen LogP contribution in [0.2, 0.25) is 0 Å². The highest BCUT2D eigenvalue weighted by molar-refractivity contribution is 5.82. The summed E-state index contributed by atoms with van der Waals surface area (Å²) in [6.07, 6.45) is 9.72. The predicted octanol–water partition coefficient (Wildman–Crippen LogP) is 4.04. The van der Waals surface area contributed by atoms with Crippen molar-refractivity contribution in [3.8, 4) is 11.5 Å². The molecule has 1 aliphatic heterocycles. The fraction of sp³-hybridized carbons (Fsp3) is 0.318. The van der Waals surface area contributed by atoms with Crippen molar-refractivity contribution in [2.24, 2.45) is 0 Å². The van der Waals surface area contributed by atoms with E-state index in [4.69, 9.17) is 4.98 Å². The number of hydrogen-bond donors (Lipinski definition) is 2. The number of H-pyrrole nitrogens is 2. The first-order valence-electron chi connectivity index (χ1n) is 9.88. The van der Waals surface area contributed by atoms with Crippen molar-refractivity contribution in [1.82, 2.24) is 29.8 Å². The Balaban J connectivity index is 1.40. The zero-order chi connectivity index (χ0) is 18.9. The molecule has 5 rings (SSSR count). The average Bonchev–Trinajstić information content (AvgIpc) is 3.38. The number of benzene rings is 1. The molecule has 3 aromatic heterocycles. The van der Waals surface area contributed by atoms with E-state index in [1.165, 1.54) is 22.9 Å². The second-order valence-electron chi connectivity index (χ2n) is 7.64. The van der Waals surface area contributed by atoms with Gasteiger partial charge >= 0.3 is 0 Å². The van der Waals surface area contributed by atoms with E-state index in [1.54, 1.807) is 12.4 Å². The molecule has 0 aliphatic carbocycles. The van der Waals surface area contributed by atoms with Gasteiger partial charge in [-0.2, -0.15) is 0 Å². The second-order valence-corrected chi connectivity index (χ2v) is 7.64. The number of aromatic amines is 2. The van der Waals surface area contributed by atoms with Crippen molar-refractivity contribution in [3.63, 3.8) is 0 Å². The molecule has 0 unspecified atom stereocenters. The molecule has 1 saturated heterocycles. The van der Waals surface area contributed by atoms with Gasteiger partial charge in [0, 0.05) is 60.4 Å². The Morgan fingerprint density at radius 3 is 2.96 bits per heavy atom. The van der Waals surface area contributed by atoms with Crippen molar-refractivity contribution < 1.29 is 0 Å². The minimum Gasteiger partial charge on any atom is -0.361 e. The lowest BCUT2D eigenvalue weighted by molar-refractivity contribution is 0.199. The van der Waals surface area contributed by atoms with Gasteiger partial charge in [0.2, 0.25) is 0 Å². The maximum atomic E-state index is 4.72. The van der Waals surface area contributed by atoms with Gasteiger partial charge in [0.15, 0.2) is 5.82 Å². The second kappa shape index (κ2) is 7.20. The van der Waals surface area contributed by atoms with Crippen LogP contribution < -0.4 is 0 Å². The Hall–Kier alpha value is -2.99. The number of imidazole rings is 1. The molecule has 142 valence electrons. The van der Waals surface area contributed by atoms with Gasteiger partial charge in [-0.25, -0.2) is 9.97 Å². The van der Waals surface area contributed by atoms with Crippen LogP contribution in [0, 0.1) is 6.92 Å². The van der Waals surface area contributed by atoms with Crippen molar-refractivity contribution in [2.45, 2.75) is 32.2 Å². The Kier molecular flexibility index (Phi) is 4.41. The number of nitrogens with zero attached hydrogens (tertiary/aromatic N) is 4. The highest BCUT2D eigenvalue weighted by Crippen LogP contribution is 2.31. The summed E-state index contributed by atoms with van der Waals surface area (Å²) >= 11 is 0. The Labute approximate surface area is 164 Å². The predicted molar refractivity (Wildman–Crippen MR) is 110 cm³/mol. The Morgan fingerprint density at radius 2 is 2.07 bits per heavy atom. The molecule has 6 nitrogen and oxygen atoms in total. The van der Waals surface area contributed by atoms with Gasteiger partial charge < -0.3 is 9.97 Å². The van der Waals surface area contributed by atoms with Crippen LogP contribution in [0.25, 0.3) is 22.4 Å². The lowest BCUT2D eigenvalue weighted by atomic mass is 9.92. The summed E-state index contributed by atoms with van der Waals surface area (Å²) in [5.41, 5.74) is 5.56. The summed E-state index contributed by atoms with van der Waals surface area (Å²) < 4.78 is 0. The van der Waals surface area contributed by atoms with Gasteiger partial charge in [-0.15, -0.1) is 0 Å². The molecule has 1 aliphatic rings. The summed E-state index contributed by atoms with van der Waals surface area (Å²) in [6, 6.07) is 8.68. The van der Waals surface area contributed by atoms with Crippen LogP contribution in [0.15, 0.2) is 49.1 Å². The number of aromatic nitrogens is 5. The van der Waals surface area contributed by atoms with E-state index >= 15 is 0 Å². The van der Waals surface area contributed by atoms with E-state index in [1.807, 2.05) is 19.3 Å². The normalized spacial score (nSPS) is 18.0. The third kappa shape index (κ3) is 3.20. The number of likely N-dealkylation sites (tertiary alicyclic amines) is 1. The molecule has 4 heterocycles. The summed E-state index contributed by atoms with van der Waals surface area (Å²) in [5.74, 6) is 1.18. The van der Waals surface area contributed by atoms with E-state index in [-0.39, 0.29) is 0 Å². The van der Waals surface area contributed by atoms with Crippen molar-refractivity contribution in [3.05, 3.63) is 66.0 Å². The molecule has 1 fully saturated rings. The molecule has 6 heteroatoms. The number of nitrogens with one attached hydrogen (secondary N) is 2. The van der Waals surface area contributed by atoms with Crippen LogP contribution >= 0.6 is 0 Å². The molecular weight excluding hydrogens is 348 g/mol. The summed E-state index contributed by atoms with van der Waals surface area (Å²) in [5, 5.41) is 1.32. The lowest BCUT2D eigenvalue weighted by Gasteiger charge is -2.33. The third-order valence-corrected chi connectivity index (χ3v) is 5.63. The smallest absolute Gasteiger partial charge is 0.158 e. The van der Waals surface area contributed by atoms with E-state index in [0.717, 1.165) is 49.0 Å². The van der Waals surface area contributed by atoms with Gasteiger partial charge in [0.05, 0.1) is 5.69 Å². The minimum atomic E-state index is 0.369. The summed E-state index contributed by atoms with van der Waals surface area (Å²) in [6.45, 7) is 5.08. The van der Waals surface area contributed by atoms with Crippen LogP contribution in [0.3, 0.4) is 0 Å². The molecule has 0 amide bonds. The summed E-state index contributed by atoms with van der Waals surface area (Å²) in [7, 11) is 0. The molecule has 4 aromatic rings. The van der Waals surface area contributed by atoms with Gasteiger partial charge in [-0.05, 0) is 44.0 Å². The molecule has 2 N–H and O–H groups in total. The van der Waals surface area contributed by atoms with Crippen LogP contribution in [-0.4, -0.2) is 42.9 Å². The number of aryl methyl sites for hydroxylation is 1. The third-order valence-electron chi connectivity index (χ3n) is 5.63. The van der Waals surface area contributed by atoms with Gasteiger partial charge in [-0.3, -0.25) is 9.88 Å². The number of fused-ring (bicyclic) bond motifs is 1. The lowest BCUT2D eigenvalue weighted by Crippen LogP contribution is -2.34. The first-order valence-corrected chi connectivity index (χ1v) is 9.88. The van der Waals surface area contributed by atoms with Gasteiger partial charge in [-0.1, -0.05) is 12.1 Å². The zero-order valence-electron chi connectivity index (χ0n) is 16.0. The number of rotatable bonds is 4. The van der Waals surface area contributed by atoms with Gasteiger partial charge in [0.25, 0.3) is 0 Å². The first-order chi connectivity index (χ1) is 13.8. The van der Waals surface area contributed by atoms with Crippen molar-refractivity contribution >= 4 is 10.9 Å². The SMILES string of the molecule is Cc1cnc(-c2nccnc2[C@@H]2CCCN(Cc3cccc4[nH]ccc34)C2)[nH]1. The molecule has 0 saturated carbocycles. The van der Waals surface area contributed by atoms with Gasteiger partial charge in [0.1, 0.15) is 5.69 Å². The Morgan fingerprint density at radius 1 is 1.14 bits per heavy atom. The monoisotopic (exact) mass is 372 g/mol. The first kappa shape index (κ1) is 17.1. The molecule has 0 radical (unpaired) electrons. The highest BCUT2D eigenvalue weighted by atomic mass is 15.1. The molecule has 28 heavy (non-hydrogen) atoms. The standard InChI is InChI=1S/C22H24N6/c1-15-12-26-22(27-15)21-20(24-9-10-25-21)17-5-3-11-28(14-17)13-16-4-2-6-19-18(16)7-8-23-19/h2,4,6-10,12,17,23H,3,5,11,13-14H2,1H3,(H,26,27)/t17-/m1/s1. The molecule has 0 spiro atoms. The fourth-order valence-electron chi connectivity index (χ4n) is 4.31. The minimum absolute atomic E-state index is 0.369. The van der Waals surface area contributed by atoms with Crippen molar-refractivity contribution in [2.75, 3.05) is 13.1 Å². The maximum absolute atomic E-state index is 4.72. The van der Waals surface area contributed by atoms with Crippen LogP contribution in [0.5, 0.6) is 0 Å². The molecule has 0 bridgehead atoms. The highest BCUT2D eigenvalue weighted by Gasteiger charge is 2.26. The molecule has 1 aromatic carbocycles. The number of hydrogen-bond acceptors (Lipinski definition) is 4. The van der Waals surface area contributed by atoms with E-state index in [2.05, 4.69) is 49.1 Å². The number of piperidine rings is 1. The topological polar surface area (TPSA) is 73.5 Å². The zero-order valence-corrected chi connectivity index (χ0v) is 16.0.